The van der Waals surface area contributed by atoms with Gasteiger partial charge in [-0.15, -0.1) is 0 Å². The molecule has 0 bridgehead atoms. The Hall–Kier alpha value is -3.43. The second kappa shape index (κ2) is 11.6. The Morgan fingerprint density at radius 1 is 1.24 bits per heavy atom. The normalized spacial score (nSPS) is 11.7. The van der Waals surface area contributed by atoms with Gasteiger partial charge in [0.25, 0.3) is 0 Å². The molecule has 0 spiro atoms. The van der Waals surface area contributed by atoms with E-state index in [0.29, 0.717) is 40.0 Å². The summed E-state index contributed by atoms with van der Waals surface area (Å²) in [5, 5.41) is 14.1. The number of fused-ring (bicyclic) bond motifs is 1. The summed E-state index contributed by atoms with van der Waals surface area (Å²) in [6.45, 7) is 3.62. The molecular weight excluding hydrogens is 452 g/mol. The van der Waals surface area contributed by atoms with Gasteiger partial charge in [0, 0.05) is 53.4 Å². The molecule has 3 rings (SSSR count). The van der Waals surface area contributed by atoms with Crippen molar-refractivity contribution < 1.29 is 19.4 Å². The highest BCUT2D eigenvalue weighted by Gasteiger charge is 2.19. The van der Waals surface area contributed by atoms with Crippen LogP contribution in [0.4, 0.5) is 5.82 Å². The molecule has 9 heteroatoms. The smallest absolute Gasteiger partial charge is 0.224 e. The number of aliphatic hydroxyl groups excluding tert-OH is 1. The minimum atomic E-state index is -0.179. The van der Waals surface area contributed by atoms with E-state index in [9.17, 15) is 14.7 Å². The maximum absolute atomic E-state index is 13.3. The van der Waals surface area contributed by atoms with Gasteiger partial charge in [0.05, 0.1) is 13.7 Å². The quantitative estimate of drug-likeness (QED) is 0.417. The number of aromatic nitrogens is 2. The molecule has 1 amide bonds. The molecule has 0 aliphatic heterocycles. The third kappa shape index (κ3) is 5.55. The number of thioether (sulfide) groups is 1. The van der Waals surface area contributed by atoms with Crippen LogP contribution in [0.2, 0.25) is 0 Å². The van der Waals surface area contributed by atoms with Gasteiger partial charge in [0.2, 0.25) is 11.5 Å². The van der Waals surface area contributed by atoms with Crippen LogP contribution in [0.1, 0.15) is 35.1 Å². The van der Waals surface area contributed by atoms with Gasteiger partial charge >= 0.3 is 0 Å². The van der Waals surface area contributed by atoms with E-state index in [1.807, 2.05) is 24.3 Å². The molecule has 0 aliphatic rings. The maximum Gasteiger partial charge on any atom is 0.224 e. The predicted molar refractivity (Wildman–Crippen MR) is 135 cm³/mol. The van der Waals surface area contributed by atoms with Gasteiger partial charge in [-0.1, -0.05) is 24.3 Å². The van der Waals surface area contributed by atoms with Crippen molar-refractivity contribution in [1.82, 2.24) is 14.9 Å². The van der Waals surface area contributed by atoms with E-state index in [2.05, 4.69) is 15.3 Å². The summed E-state index contributed by atoms with van der Waals surface area (Å²) in [6, 6.07) is 11.1. The Balaban J connectivity index is 1.94. The Bertz CT molecular complexity index is 1230. The highest BCUT2D eigenvalue weighted by atomic mass is 32.2. The SMILES string of the molecule is CNc1nc(C)ncc1CN(C=O)/C(C)=C(/CCO)SC(=O)c1ccc(OC)c2ccccc12. The van der Waals surface area contributed by atoms with E-state index in [1.165, 1.54) is 4.90 Å². The highest BCUT2D eigenvalue weighted by Crippen LogP contribution is 2.34. The minimum absolute atomic E-state index is 0.154. The summed E-state index contributed by atoms with van der Waals surface area (Å²) < 4.78 is 5.43. The number of anilines is 1. The van der Waals surface area contributed by atoms with Gasteiger partial charge in [0.1, 0.15) is 17.4 Å². The summed E-state index contributed by atoms with van der Waals surface area (Å²) in [6.07, 6.45) is 2.62. The molecule has 0 aliphatic carbocycles. The maximum atomic E-state index is 13.3. The second-order valence-corrected chi connectivity index (χ2v) is 8.57. The predicted octanol–water partition coefficient (Wildman–Crippen LogP) is 4.13. The van der Waals surface area contributed by atoms with E-state index in [0.717, 1.165) is 28.1 Å². The molecule has 1 heterocycles. The van der Waals surface area contributed by atoms with Crippen LogP contribution < -0.4 is 10.1 Å². The van der Waals surface area contributed by atoms with Gasteiger partial charge in [-0.3, -0.25) is 9.59 Å². The van der Waals surface area contributed by atoms with E-state index >= 15 is 0 Å². The zero-order chi connectivity index (χ0) is 24.7. The Morgan fingerprint density at radius 3 is 2.62 bits per heavy atom. The van der Waals surface area contributed by atoms with Gasteiger partial charge in [-0.25, -0.2) is 9.97 Å². The van der Waals surface area contributed by atoms with Gasteiger partial charge in [-0.2, -0.15) is 0 Å². The second-order valence-electron chi connectivity index (χ2n) is 7.51. The van der Waals surface area contributed by atoms with Crippen LogP contribution in [0.3, 0.4) is 0 Å². The standard InChI is InChI=1S/C25H28N4O4S/c1-16(29(15-31)14-18-13-27-17(2)28-24(18)26-3)23(11-12-30)34-25(32)21-9-10-22(33-4)20-8-6-5-7-19(20)21/h5-10,13,15,30H,11-12,14H2,1-4H3,(H,26,27,28)/b23-16-. The summed E-state index contributed by atoms with van der Waals surface area (Å²) in [5.74, 6) is 1.93. The average molecular weight is 481 g/mol. The van der Waals surface area contributed by atoms with Crippen molar-refractivity contribution in [3.05, 3.63) is 70.1 Å². The number of carbonyl (C=O) groups is 2. The van der Waals surface area contributed by atoms with Crippen molar-refractivity contribution in [2.24, 2.45) is 0 Å². The Labute approximate surface area is 203 Å². The number of amides is 1. The number of benzene rings is 2. The topological polar surface area (TPSA) is 105 Å². The molecule has 0 saturated carbocycles. The van der Waals surface area contributed by atoms with E-state index < -0.39 is 0 Å². The number of hydrogen-bond acceptors (Lipinski definition) is 8. The first kappa shape index (κ1) is 25.2. The third-order valence-electron chi connectivity index (χ3n) is 5.40. The number of carbonyl (C=O) groups excluding carboxylic acids is 2. The molecule has 34 heavy (non-hydrogen) atoms. The van der Waals surface area contributed by atoms with Crippen LogP contribution in [0.25, 0.3) is 10.8 Å². The molecule has 0 saturated heterocycles. The fraction of sp³-hybridized carbons (Fsp3) is 0.280. The lowest BCUT2D eigenvalue weighted by molar-refractivity contribution is -0.116. The number of aliphatic hydroxyl groups is 1. The summed E-state index contributed by atoms with van der Waals surface area (Å²) in [7, 11) is 3.35. The summed E-state index contributed by atoms with van der Waals surface area (Å²) in [4.78, 5) is 36.0. The highest BCUT2D eigenvalue weighted by molar-refractivity contribution is 8.17. The number of methoxy groups -OCH3 is 1. The van der Waals surface area contributed by atoms with Crippen molar-refractivity contribution in [3.63, 3.8) is 0 Å². The van der Waals surface area contributed by atoms with Crippen molar-refractivity contribution in [2.75, 3.05) is 26.1 Å². The molecule has 0 unspecified atom stereocenters. The van der Waals surface area contributed by atoms with Gasteiger partial charge < -0.3 is 20.1 Å². The Kier molecular flexibility index (Phi) is 8.61. The molecule has 8 nitrogen and oxygen atoms in total. The molecule has 3 aromatic rings. The summed E-state index contributed by atoms with van der Waals surface area (Å²) in [5.41, 5.74) is 1.86. The monoisotopic (exact) mass is 480 g/mol. The van der Waals surface area contributed by atoms with Crippen LogP contribution >= 0.6 is 11.8 Å². The molecule has 0 fully saturated rings. The number of rotatable bonds is 10. The number of hydrogen-bond donors (Lipinski definition) is 2. The Morgan fingerprint density at radius 2 is 1.97 bits per heavy atom. The molecular formula is C25H28N4O4S. The number of allylic oxidation sites excluding steroid dienone is 1. The van der Waals surface area contributed by atoms with Gasteiger partial charge in [-0.05, 0) is 43.1 Å². The fourth-order valence-electron chi connectivity index (χ4n) is 3.61. The number of ether oxygens (including phenoxy) is 1. The minimum Gasteiger partial charge on any atom is -0.496 e. The van der Waals surface area contributed by atoms with Crippen LogP contribution in [0, 0.1) is 6.92 Å². The zero-order valence-electron chi connectivity index (χ0n) is 19.7. The van der Waals surface area contributed by atoms with Crippen molar-refractivity contribution >= 4 is 39.9 Å². The largest absolute Gasteiger partial charge is 0.496 e. The number of nitrogens with one attached hydrogen (secondary N) is 1. The first-order chi connectivity index (χ1) is 16.4. The molecule has 2 aromatic carbocycles. The lowest BCUT2D eigenvalue weighted by Gasteiger charge is -2.22. The molecule has 1 aromatic heterocycles. The lowest BCUT2D eigenvalue weighted by atomic mass is 10.0. The van der Waals surface area contributed by atoms with E-state index in [4.69, 9.17) is 4.74 Å². The molecule has 0 atom stereocenters. The first-order valence-electron chi connectivity index (χ1n) is 10.7. The van der Waals surface area contributed by atoms with Crippen LogP contribution in [-0.2, 0) is 11.3 Å². The lowest BCUT2D eigenvalue weighted by Crippen LogP contribution is -2.22. The van der Waals surface area contributed by atoms with E-state index in [1.54, 1.807) is 46.3 Å². The van der Waals surface area contributed by atoms with Crippen molar-refractivity contribution in [3.8, 4) is 5.75 Å². The third-order valence-corrected chi connectivity index (χ3v) is 6.55. The first-order valence-corrected chi connectivity index (χ1v) is 11.6. The van der Waals surface area contributed by atoms with Crippen molar-refractivity contribution in [1.29, 1.82) is 0 Å². The van der Waals surface area contributed by atoms with Gasteiger partial charge in [0.15, 0.2) is 0 Å². The fourth-order valence-corrected chi connectivity index (χ4v) is 4.58. The van der Waals surface area contributed by atoms with Crippen LogP contribution in [0.5, 0.6) is 5.75 Å². The molecule has 0 radical (unpaired) electrons. The van der Waals surface area contributed by atoms with Crippen LogP contribution in [-0.4, -0.2) is 52.3 Å². The van der Waals surface area contributed by atoms with E-state index in [-0.39, 0.29) is 24.7 Å². The molecule has 2 N–H and O–H groups in total. The number of nitrogens with zero attached hydrogens (tertiary/aromatic N) is 3. The van der Waals surface area contributed by atoms with Crippen molar-refractivity contribution in [2.45, 2.75) is 26.8 Å². The molecule has 178 valence electrons. The zero-order valence-corrected chi connectivity index (χ0v) is 20.5. The van der Waals surface area contributed by atoms with Crippen LogP contribution in [0.15, 0.2) is 53.2 Å². The average Bonchev–Trinajstić information content (AvgIpc) is 2.86. The number of aryl methyl sites for hydroxylation is 1. The summed E-state index contributed by atoms with van der Waals surface area (Å²) >= 11 is 1.02.